The molecule has 2 aromatic rings. The lowest BCUT2D eigenvalue weighted by atomic mass is 9.97. The zero-order chi connectivity index (χ0) is 10.8. The topological polar surface area (TPSA) is 17.1 Å². The van der Waals surface area contributed by atoms with Crippen molar-refractivity contribution in [3.8, 4) is 0 Å². The number of hydrogen-bond acceptors (Lipinski definition) is 1. The molecule has 0 unspecified atom stereocenters. The smallest absolute Gasteiger partial charge is 0.186 e. The minimum absolute atomic E-state index is 0.00991. The van der Waals surface area contributed by atoms with Crippen molar-refractivity contribution in [1.29, 1.82) is 0 Å². The monoisotopic (exact) mass is 196 g/mol. The second kappa shape index (κ2) is 3.70. The van der Waals surface area contributed by atoms with Crippen molar-refractivity contribution in [3.63, 3.8) is 0 Å². The number of rotatable bonds is 2. The fourth-order valence-corrected chi connectivity index (χ4v) is 1.81. The highest BCUT2D eigenvalue weighted by Crippen LogP contribution is 2.22. The average molecular weight is 196 g/mol. The Hall–Kier alpha value is -1.89. The molecule has 0 saturated carbocycles. The van der Waals surface area contributed by atoms with E-state index in [-0.39, 0.29) is 5.78 Å². The van der Waals surface area contributed by atoms with Crippen molar-refractivity contribution >= 4 is 16.6 Å². The first kappa shape index (κ1) is 9.66. The van der Waals surface area contributed by atoms with Gasteiger partial charge in [-0.2, -0.15) is 0 Å². The van der Waals surface area contributed by atoms with E-state index in [1.54, 1.807) is 0 Å². The minimum atomic E-state index is -0.00991. The van der Waals surface area contributed by atoms with E-state index >= 15 is 0 Å². The van der Waals surface area contributed by atoms with E-state index in [4.69, 9.17) is 0 Å². The fourth-order valence-electron chi connectivity index (χ4n) is 1.81. The van der Waals surface area contributed by atoms with Gasteiger partial charge in [0.05, 0.1) is 0 Å². The summed E-state index contributed by atoms with van der Waals surface area (Å²) < 4.78 is 0. The molecule has 0 fully saturated rings. The van der Waals surface area contributed by atoms with Gasteiger partial charge in [0.2, 0.25) is 0 Å². The first-order chi connectivity index (χ1) is 7.24. The van der Waals surface area contributed by atoms with Gasteiger partial charge in [0.15, 0.2) is 5.78 Å². The zero-order valence-electron chi connectivity index (χ0n) is 8.66. The number of hydrogen-bond donors (Lipinski definition) is 0. The number of fused-ring (bicyclic) bond motifs is 1. The Kier molecular flexibility index (Phi) is 2.38. The van der Waals surface area contributed by atoms with Gasteiger partial charge < -0.3 is 0 Å². The Balaban J connectivity index is 2.85. The average Bonchev–Trinajstić information content (AvgIpc) is 2.28. The normalized spacial score (nSPS) is 10.2. The first-order valence-corrected chi connectivity index (χ1v) is 4.89. The Labute approximate surface area is 89.0 Å². The van der Waals surface area contributed by atoms with Gasteiger partial charge in [-0.1, -0.05) is 43.0 Å². The van der Waals surface area contributed by atoms with Crippen molar-refractivity contribution in [2.24, 2.45) is 0 Å². The Morgan fingerprint density at radius 3 is 2.67 bits per heavy atom. The SMILES string of the molecule is C=CC(=O)c1c(C)ccc2ccccc12. The van der Waals surface area contributed by atoms with Crippen LogP contribution in [0.1, 0.15) is 15.9 Å². The highest BCUT2D eigenvalue weighted by molar-refractivity contribution is 6.14. The van der Waals surface area contributed by atoms with Crippen molar-refractivity contribution in [3.05, 3.63) is 60.2 Å². The van der Waals surface area contributed by atoms with Crippen molar-refractivity contribution in [2.45, 2.75) is 6.92 Å². The number of ketones is 1. The van der Waals surface area contributed by atoms with Crippen LogP contribution < -0.4 is 0 Å². The molecule has 0 heterocycles. The summed E-state index contributed by atoms with van der Waals surface area (Å²) in [7, 11) is 0. The van der Waals surface area contributed by atoms with E-state index in [2.05, 4.69) is 6.58 Å². The molecule has 0 amide bonds. The second-order valence-corrected chi connectivity index (χ2v) is 3.55. The van der Waals surface area contributed by atoms with Crippen LogP contribution in [0.4, 0.5) is 0 Å². The van der Waals surface area contributed by atoms with E-state index in [1.165, 1.54) is 6.08 Å². The highest BCUT2D eigenvalue weighted by atomic mass is 16.1. The van der Waals surface area contributed by atoms with Crippen LogP contribution in [-0.4, -0.2) is 5.78 Å². The summed E-state index contributed by atoms with van der Waals surface area (Å²) in [5, 5.41) is 2.09. The minimum Gasteiger partial charge on any atom is -0.289 e. The van der Waals surface area contributed by atoms with Gasteiger partial charge in [-0.3, -0.25) is 4.79 Å². The molecule has 0 bridgehead atoms. The standard InChI is InChI=1S/C14H12O/c1-3-13(15)14-10(2)8-9-11-6-4-5-7-12(11)14/h3-9H,1H2,2H3. The van der Waals surface area contributed by atoms with Crippen LogP contribution in [0.2, 0.25) is 0 Å². The molecule has 0 saturated heterocycles. The third-order valence-corrected chi connectivity index (χ3v) is 2.57. The Morgan fingerprint density at radius 1 is 1.20 bits per heavy atom. The molecular weight excluding hydrogens is 184 g/mol. The molecule has 0 atom stereocenters. The molecule has 0 spiro atoms. The maximum absolute atomic E-state index is 11.7. The largest absolute Gasteiger partial charge is 0.289 e. The van der Waals surface area contributed by atoms with E-state index in [0.717, 1.165) is 21.9 Å². The maximum Gasteiger partial charge on any atom is 0.186 e. The molecule has 74 valence electrons. The number of benzene rings is 2. The van der Waals surface area contributed by atoms with Crippen molar-refractivity contribution < 1.29 is 4.79 Å². The van der Waals surface area contributed by atoms with Gasteiger partial charge in [-0.25, -0.2) is 0 Å². The number of carbonyl (C=O) groups excluding carboxylic acids is 1. The van der Waals surface area contributed by atoms with Crippen LogP contribution in [-0.2, 0) is 0 Å². The van der Waals surface area contributed by atoms with E-state index < -0.39 is 0 Å². The molecule has 0 radical (unpaired) electrons. The molecule has 0 aliphatic carbocycles. The predicted octanol–water partition coefficient (Wildman–Crippen LogP) is 3.52. The first-order valence-electron chi connectivity index (χ1n) is 4.89. The van der Waals surface area contributed by atoms with E-state index in [0.29, 0.717) is 0 Å². The van der Waals surface area contributed by atoms with Gasteiger partial charge >= 0.3 is 0 Å². The van der Waals surface area contributed by atoms with Crippen molar-refractivity contribution in [2.75, 3.05) is 0 Å². The quantitative estimate of drug-likeness (QED) is 0.530. The third-order valence-electron chi connectivity index (χ3n) is 2.57. The lowest BCUT2D eigenvalue weighted by molar-refractivity contribution is 0.104. The summed E-state index contributed by atoms with van der Waals surface area (Å²) in [4.78, 5) is 11.7. The number of aryl methyl sites for hydroxylation is 1. The van der Waals surface area contributed by atoms with Gasteiger partial charge in [-0.15, -0.1) is 0 Å². The van der Waals surface area contributed by atoms with Gasteiger partial charge in [0.25, 0.3) is 0 Å². The second-order valence-electron chi connectivity index (χ2n) is 3.55. The summed E-state index contributed by atoms with van der Waals surface area (Å²) in [6.45, 7) is 5.48. The summed E-state index contributed by atoms with van der Waals surface area (Å²) in [6, 6.07) is 11.9. The molecule has 0 aliphatic heterocycles. The molecule has 2 rings (SSSR count). The summed E-state index contributed by atoms with van der Waals surface area (Å²) >= 11 is 0. The zero-order valence-corrected chi connectivity index (χ0v) is 8.66. The predicted molar refractivity (Wildman–Crippen MR) is 63.2 cm³/mol. The lowest BCUT2D eigenvalue weighted by Gasteiger charge is -2.06. The van der Waals surface area contributed by atoms with Crippen LogP contribution in [0.3, 0.4) is 0 Å². The Bertz CT molecular complexity index is 538. The van der Waals surface area contributed by atoms with Gasteiger partial charge in [-0.05, 0) is 29.3 Å². The summed E-state index contributed by atoms with van der Waals surface area (Å²) in [5.41, 5.74) is 1.77. The number of carbonyl (C=O) groups is 1. The van der Waals surface area contributed by atoms with Crippen LogP contribution >= 0.6 is 0 Å². The van der Waals surface area contributed by atoms with Gasteiger partial charge in [0, 0.05) is 5.56 Å². The molecular formula is C14H12O. The van der Waals surface area contributed by atoms with Crippen LogP contribution in [0.25, 0.3) is 10.8 Å². The highest BCUT2D eigenvalue weighted by Gasteiger charge is 2.09. The van der Waals surface area contributed by atoms with E-state index in [9.17, 15) is 4.79 Å². The lowest BCUT2D eigenvalue weighted by Crippen LogP contribution is -1.98. The summed E-state index contributed by atoms with van der Waals surface area (Å²) in [5.74, 6) is -0.00991. The molecule has 0 aromatic heterocycles. The third kappa shape index (κ3) is 1.57. The van der Waals surface area contributed by atoms with Crippen LogP contribution in [0.5, 0.6) is 0 Å². The molecule has 2 aromatic carbocycles. The number of allylic oxidation sites excluding steroid dienone is 1. The van der Waals surface area contributed by atoms with Crippen molar-refractivity contribution in [1.82, 2.24) is 0 Å². The summed E-state index contributed by atoms with van der Waals surface area (Å²) in [6.07, 6.45) is 1.37. The molecule has 1 nitrogen and oxygen atoms in total. The van der Waals surface area contributed by atoms with Crippen LogP contribution in [0.15, 0.2) is 49.1 Å². The fraction of sp³-hybridized carbons (Fsp3) is 0.0714. The molecule has 0 aliphatic rings. The van der Waals surface area contributed by atoms with E-state index in [1.807, 2.05) is 43.3 Å². The maximum atomic E-state index is 11.7. The Morgan fingerprint density at radius 2 is 1.93 bits per heavy atom. The molecule has 15 heavy (non-hydrogen) atoms. The van der Waals surface area contributed by atoms with Gasteiger partial charge in [0.1, 0.15) is 0 Å². The van der Waals surface area contributed by atoms with Crippen LogP contribution in [0, 0.1) is 6.92 Å². The molecule has 0 N–H and O–H groups in total. The molecule has 1 heteroatoms.